The summed E-state index contributed by atoms with van der Waals surface area (Å²) in [6.07, 6.45) is 0. The Kier molecular flexibility index (Phi) is 1.93. The molecule has 15 heavy (non-hydrogen) atoms. The van der Waals surface area contributed by atoms with Crippen LogP contribution in [0.25, 0.3) is 11.0 Å². The third kappa shape index (κ3) is 1.26. The van der Waals surface area contributed by atoms with E-state index in [0.717, 1.165) is 0 Å². The fraction of sp³-hybridized carbons (Fsp3) is 0.182. The molecular formula is C11H11NO3. The van der Waals surface area contributed by atoms with E-state index in [1.54, 1.807) is 13.0 Å². The molecule has 0 amide bonds. The molecule has 2 rings (SSSR count). The van der Waals surface area contributed by atoms with Crippen LogP contribution in [0.4, 0.5) is 5.69 Å². The Hall–Kier alpha value is -1.97. The molecule has 1 heterocycles. The van der Waals surface area contributed by atoms with Gasteiger partial charge in [-0.3, -0.25) is 4.79 Å². The Morgan fingerprint density at radius 3 is 2.73 bits per heavy atom. The number of ketones is 1. The van der Waals surface area contributed by atoms with Crippen LogP contribution >= 0.6 is 0 Å². The van der Waals surface area contributed by atoms with Crippen LogP contribution in [0.15, 0.2) is 16.5 Å². The summed E-state index contributed by atoms with van der Waals surface area (Å²) in [5.74, 6) is 0.365. The molecule has 0 saturated carbocycles. The average Bonchev–Trinajstić information content (AvgIpc) is 2.49. The number of nitrogens with two attached hydrogens (primary N) is 1. The molecule has 0 atom stereocenters. The molecule has 0 bridgehead atoms. The number of hydrogen-bond acceptors (Lipinski definition) is 4. The lowest BCUT2D eigenvalue weighted by Crippen LogP contribution is -1.95. The highest BCUT2D eigenvalue weighted by atomic mass is 16.3. The molecule has 0 saturated heterocycles. The van der Waals surface area contributed by atoms with E-state index in [1.165, 1.54) is 13.0 Å². The molecule has 0 fully saturated rings. The number of phenols is 1. The van der Waals surface area contributed by atoms with Crippen molar-refractivity contribution in [2.24, 2.45) is 0 Å². The van der Waals surface area contributed by atoms with Crippen molar-refractivity contribution >= 4 is 22.4 Å². The molecule has 2 aromatic rings. The van der Waals surface area contributed by atoms with Crippen LogP contribution in [0.5, 0.6) is 5.75 Å². The van der Waals surface area contributed by atoms with Gasteiger partial charge in [0.1, 0.15) is 17.1 Å². The number of nitrogen functional groups attached to an aromatic ring is 1. The minimum Gasteiger partial charge on any atom is -0.506 e. The summed E-state index contributed by atoms with van der Waals surface area (Å²) in [6.45, 7) is 3.15. The van der Waals surface area contributed by atoms with Gasteiger partial charge in [-0.2, -0.15) is 0 Å². The number of fused-ring (bicyclic) bond motifs is 1. The van der Waals surface area contributed by atoms with Gasteiger partial charge in [-0.25, -0.2) is 0 Å². The second-order valence-corrected chi connectivity index (χ2v) is 3.46. The molecule has 0 aliphatic heterocycles. The first-order chi connectivity index (χ1) is 7.02. The fourth-order valence-electron chi connectivity index (χ4n) is 1.75. The number of Topliss-reactive ketones (excluding diaryl/α,β-unsaturated/α-hetero) is 1. The molecular weight excluding hydrogens is 194 g/mol. The first-order valence-electron chi connectivity index (χ1n) is 4.54. The predicted molar refractivity (Wildman–Crippen MR) is 57.0 cm³/mol. The highest BCUT2D eigenvalue weighted by Crippen LogP contribution is 2.35. The average molecular weight is 205 g/mol. The maximum absolute atomic E-state index is 11.4. The van der Waals surface area contributed by atoms with Crippen molar-refractivity contribution in [2.45, 2.75) is 13.8 Å². The van der Waals surface area contributed by atoms with Gasteiger partial charge in [0.05, 0.1) is 16.6 Å². The minimum atomic E-state index is -0.122. The van der Waals surface area contributed by atoms with Gasteiger partial charge >= 0.3 is 0 Å². The van der Waals surface area contributed by atoms with Crippen LogP contribution in [0.3, 0.4) is 0 Å². The largest absolute Gasteiger partial charge is 0.506 e. The quantitative estimate of drug-likeness (QED) is 0.425. The summed E-state index contributed by atoms with van der Waals surface area (Å²) in [5.41, 5.74) is 6.86. The second kappa shape index (κ2) is 3.02. The van der Waals surface area contributed by atoms with Crippen LogP contribution in [0, 0.1) is 6.92 Å². The first kappa shape index (κ1) is 9.58. The van der Waals surface area contributed by atoms with E-state index in [-0.39, 0.29) is 17.2 Å². The molecule has 4 heteroatoms. The lowest BCUT2D eigenvalue weighted by atomic mass is 10.1. The van der Waals surface area contributed by atoms with E-state index in [1.807, 2.05) is 0 Å². The van der Waals surface area contributed by atoms with Gasteiger partial charge in [0.2, 0.25) is 0 Å². The molecule has 0 unspecified atom stereocenters. The predicted octanol–water partition coefficient (Wildman–Crippen LogP) is 2.23. The van der Waals surface area contributed by atoms with E-state index in [4.69, 9.17) is 10.2 Å². The van der Waals surface area contributed by atoms with Crippen molar-refractivity contribution in [2.75, 3.05) is 5.73 Å². The van der Waals surface area contributed by atoms with Gasteiger partial charge in [-0.1, -0.05) is 0 Å². The van der Waals surface area contributed by atoms with Gasteiger partial charge in [-0.15, -0.1) is 0 Å². The van der Waals surface area contributed by atoms with Gasteiger partial charge in [0, 0.05) is 0 Å². The van der Waals surface area contributed by atoms with Crippen molar-refractivity contribution in [1.82, 2.24) is 0 Å². The standard InChI is InChI=1S/C11H11NO3/c1-5(13)9-6(2)15-8-4-3-7(14)11(12)10(8)9/h3-4,14H,12H2,1-2H3. The topological polar surface area (TPSA) is 76.5 Å². The molecule has 0 aliphatic rings. The van der Waals surface area contributed by atoms with Gasteiger partial charge in [0.15, 0.2) is 5.78 Å². The lowest BCUT2D eigenvalue weighted by Gasteiger charge is -2.00. The monoisotopic (exact) mass is 205 g/mol. The van der Waals surface area contributed by atoms with Gasteiger partial charge < -0.3 is 15.3 Å². The summed E-state index contributed by atoms with van der Waals surface area (Å²) in [4.78, 5) is 11.4. The number of anilines is 1. The van der Waals surface area contributed by atoms with E-state index < -0.39 is 0 Å². The summed E-state index contributed by atoms with van der Waals surface area (Å²) in [6, 6.07) is 3.05. The number of carbonyl (C=O) groups excluding carboxylic acids is 1. The fourth-order valence-corrected chi connectivity index (χ4v) is 1.75. The minimum absolute atomic E-state index is 0.0363. The van der Waals surface area contributed by atoms with Crippen LogP contribution in [-0.4, -0.2) is 10.9 Å². The maximum Gasteiger partial charge on any atom is 0.164 e. The highest BCUT2D eigenvalue weighted by Gasteiger charge is 2.18. The normalized spacial score (nSPS) is 10.8. The van der Waals surface area contributed by atoms with E-state index in [0.29, 0.717) is 22.3 Å². The number of furan rings is 1. The Bertz CT molecular complexity index is 554. The van der Waals surface area contributed by atoms with Crippen molar-refractivity contribution in [3.05, 3.63) is 23.5 Å². The van der Waals surface area contributed by atoms with Crippen molar-refractivity contribution < 1.29 is 14.3 Å². The summed E-state index contributed by atoms with van der Waals surface area (Å²) >= 11 is 0. The molecule has 0 spiro atoms. The molecule has 0 aliphatic carbocycles. The van der Waals surface area contributed by atoms with Crippen molar-refractivity contribution in [3.63, 3.8) is 0 Å². The highest BCUT2D eigenvalue weighted by molar-refractivity contribution is 6.12. The Morgan fingerprint density at radius 2 is 2.13 bits per heavy atom. The van der Waals surface area contributed by atoms with Gasteiger partial charge in [-0.05, 0) is 26.0 Å². The third-order valence-electron chi connectivity index (χ3n) is 2.40. The van der Waals surface area contributed by atoms with E-state index in [2.05, 4.69) is 0 Å². The Balaban J connectivity index is 2.96. The Labute approximate surface area is 86.3 Å². The van der Waals surface area contributed by atoms with Crippen LogP contribution < -0.4 is 5.73 Å². The van der Waals surface area contributed by atoms with Crippen LogP contribution in [0.2, 0.25) is 0 Å². The zero-order valence-electron chi connectivity index (χ0n) is 8.50. The molecule has 1 aromatic carbocycles. The van der Waals surface area contributed by atoms with E-state index >= 15 is 0 Å². The number of aromatic hydroxyl groups is 1. The van der Waals surface area contributed by atoms with Crippen molar-refractivity contribution in [1.29, 1.82) is 0 Å². The molecule has 1 aromatic heterocycles. The Morgan fingerprint density at radius 1 is 1.47 bits per heavy atom. The number of phenolic OH excluding ortho intramolecular Hbond substituents is 1. The smallest absolute Gasteiger partial charge is 0.164 e. The molecule has 4 nitrogen and oxygen atoms in total. The number of aryl methyl sites for hydroxylation is 1. The zero-order valence-corrected chi connectivity index (χ0v) is 8.50. The number of carbonyl (C=O) groups is 1. The summed E-state index contributed by atoms with van der Waals surface area (Å²) < 4.78 is 5.38. The number of benzene rings is 1. The zero-order chi connectivity index (χ0) is 11.2. The third-order valence-corrected chi connectivity index (χ3v) is 2.40. The van der Waals surface area contributed by atoms with E-state index in [9.17, 15) is 9.90 Å². The molecule has 3 N–H and O–H groups in total. The lowest BCUT2D eigenvalue weighted by molar-refractivity contribution is 0.101. The van der Waals surface area contributed by atoms with Crippen LogP contribution in [-0.2, 0) is 0 Å². The summed E-state index contributed by atoms with van der Waals surface area (Å²) in [5, 5.41) is 9.95. The second-order valence-electron chi connectivity index (χ2n) is 3.46. The molecule has 78 valence electrons. The maximum atomic E-state index is 11.4. The molecule has 0 radical (unpaired) electrons. The number of rotatable bonds is 1. The van der Waals surface area contributed by atoms with Crippen LogP contribution in [0.1, 0.15) is 23.0 Å². The number of hydrogen-bond donors (Lipinski definition) is 2. The SMILES string of the molecule is CC(=O)c1c(C)oc2ccc(O)c(N)c12. The van der Waals surface area contributed by atoms with Crippen molar-refractivity contribution in [3.8, 4) is 5.75 Å². The summed E-state index contributed by atoms with van der Waals surface area (Å²) in [7, 11) is 0. The van der Waals surface area contributed by atoms with Gasteiger partial charge in [0.25, 0.3) is 0 Å². The first-order valence-corrected chi connectivity index (χ1v) is 4.54.